The third-order valence-corrected chi connectivity index (χ3v) is 2.57. The van der Waals surface area contributed by atoms with Crippen LogP contribution in [0.3, 0.4) is 0 Å². The zero-order chi connectivity index (χ0) is 14.9. The summed E-state index contributed by atoms with van der Waals surface area (Å²) in [5.41, 5.74) is 5.27. The third kappa shape index (κ3) is 15.8. The van der Waals surface area contributed by atoms with Crippen LogP contribution in [0, 0.1) is 0 Å². The minimum absolute atomic E-state index is 0.0547. The molecule has 6 nitrogen and oxygen atoms in total. The first-order valence-corrected chi connectivity index (χ1v) is 7.43. The van der Waals surface area contributed by atoms with Gasteiger partial charge in [-0.05, 0) is 6.42 Å². The summed E-state index contributed by atoms with van der Waals surface area (Å²) in [6, 6.07) is 0. The first kappa shape index (κ1) is 19.8. The summed E-state index contributed by atoms with van der Waals surface area (Å²) < 4.78 is 21.0. The number of alkyl halides is 1. The lowest BCUT2D eigenvalue weighted by molar-refractivity contribution is -0.117. The molecule has 0 saturated heterocycles. The Morgan fingerprint density at radius 1 is 0.800 bits per heavy atom. The van der Waals surface area contributed by atoms with Crippen molar-refractivity contribution in [2.24, 2.45) is 5.73 Å². The Kier molecular flexibility index (Phi) is 16.6. The van der Waals surface area contributed by atoms with Gasteiger partial charge in [0.1, 0.15) is 5.78 Å². The molecule has 0 aliphatic heterocycles. The zero-order valence-corrected chi connectivity index (χ0v) is 12.7. The van der Waals surface area contributed by atoms with E-state index in [9.17, 15) is 4.79 Å². The molecule has 0 rings (SSSR count). The van der Waals surface area contributed by atoms with Gasteiger partial charge in [0, 0.05) is 19.6 Å². The van der Waals surface area contributed by atoms with Crippen LogP contribution in [0.1, 0.15) is 12.8 Å². The van der Waals surface area contributed by atoms with E-state index in [0.29, 0.717) is 72.2 Å². The molecule has 0 bridgehead atoms. The Morgan fingerprint density at radius 2 is 1.25 bits per heavy atom. The van der Waals surface area contributed by atoms with E-state index in [4.69, 9.17) is 36.3 Å². The highest BCUT2D eigenvalue weighted by Gasteiger charge is 1.98. The fraction of sp³-hybridized carbons (Fsp3) is 0.923. The number of carbonyl (C=O) groups is 1. The molecular weight excluding hydrogens is 286 g/mol. The molecule has 2 N–H and O–H groups in total. The van der Waals surface area contributed by atoms with Gasteiger partial charge < -0.3 is 24.7 Å². The summed E-state index contributed by atoms with van der Waals surface area (Å²) in [5, 5.41) is 0. The van der Waals surface area contributed by atoms with Crippen molar-refractivity contribution in [1.29, 1.82) is 0 Å². The van der Waals surface area contributed by atoms with Crippen LogP contribution in [0.25, 0.3) is 0 Å². The first-order valence-electron chi connectivity index (χ1n) is 6.90. The SMILES string of the molecule is NCCOCCOCCOCCOCCCC(=O)CCl. The summed E-state index contributed by atoms with van der Waals surface area (Å²) in [4.78, 5) is 10.9. The van der Waals surface area contributed by atoms with E-state index in [1.165, 1.54) is 0 Å². The largest absolute Gasteiger partial charge is 0.379 e. The number of nitrogens with two attached hydrogens (primary N) is 1. The van der Waals surface area contributed by atoms with E-state index in [-0.39, 0.29) is 11.7 Å². The normalized spacial score (nSPS) is 10.9. The maximum Gasteiger partial charge on any atom is 0.147 e. The van der Waals surface area contributed by atoms with Gasteiger partial charge in [0.15, 0.2) is 0 Å². The van der Waals surface area contributed by atoms with Gasteiger partial charge in [0.2, 0.25) is 0 Å². The van der Waals surface area contributed by atoms with Crippen molar-refractivity contribution in [3.05, 3.63) is 0 Å². The van der Waals surface area contributed by atoms with Gasteiger partial charge in [0.05, 0.1) is 52.1 Å². The van der Waals surface area contributed by atoms with E-state index in [1.54, 1.807) is 0 Å². The standard InChI is InChI=1S/C13H26ClNO5/c14-12-13(16)2-1-4-17-6-8-19-10-11-20-9-7-18-5-3-15/h1-12,15H2. The number of hydrogen-bond acceptors (Lipinski definition) is 6. The van der Waals surface area contributed by atoms with Crippen LogP contribution in [0.2, 0.25) is 0 Å². The van der Waals surface area contributed by atoms with Gasteiger partial charge >= 0.3 is 0 Å². The third-order valence-electron chi connectivity index (χ3n) is 2.27. The topological polar surface area (TPSA) is 80.0 Å². The van der Waals surface area contributed by atoms with Crippen LogP contribution >= 0.6 is 11.6 Å². The van der Waals surface area contributed by atoms with Gasteiger partial charge in [-0.25, -0.2) is 0 Å². The van der Waals surface area contributed by atoms with Crippen molar-refractivity contribution in [2.75, 3.05) is 65.3 Å². The van der Waals surface area contributed by atoms with Crippen molar-refractivity contribution in [3.8, 4) is 0 Å². The minimum Gasteiger partial charge on any atom is -0.379 e. The van der Waals surface area contributed by atoms with Crippen molar-refractivity contribution >= 4 is 17.4 Å². The Hall–Kier alpha value is -0.240. The van der Waals surface area contributed by atoms with Crippen molar-refractivity contribution in [1.82, 2.24) is 0 Å². The average Bonchev–Trinajstić information content (AvgIpc) is 2.47. The van der Waals surface area contributed by atoms with Crippen molar-refractivity contribution < 1.29 is 23.7 Å². The summed E-state index contributed by atoms with van der Waals surface area (Å²) in [6.07, 6.45) is 1.18. The number of ether oxygens (including phenoxy) is 4. The quantitative estimate of drug-likeness (QED) is 0.332. The number of rotatable bonds is 16. The van der Waals surface area contributed by atoms with Crippen LogP contribution in [0.4, 0.5) is 0 Å². The van der Waals surface area contributed by atoms with Crippen molar-refractivity contribution in [2.45, 2.75) is 12.8 Å². The molecule has 0 heterocycles. The van der Waals surface area contributed by atoms with Gasteiger partial charge in [-0.15, -0.1) is 11.6 Å². The summed E-state index contributed by atoms with van der Waals surface area (Å²) in [5.74, 6) is 0.138. The van der Waals surface area contributed by atoms with Crippen LogP contribution < -0.4 is 5.73 Å². The highest BCUT2D eigenvalue weighted by atomic mass is 35.5. The van der Waals surface area contributed by atoms with Gasteiger partial charge in [-0.3, -0.25) is 4.79 Å². The number of Topliss-reactive ketones (excluding diaryl/α,β-unsaturated/α-hetero) is 1. The van der Waals surface area contributed by atoms with E-state index in [0.717, 1.165) is 0 Å². The molecule has 0 atom stereocenters. The van der Waals surface area contributed by atoms with Gasteiger partial charge in [-0.1, -0.05) is 0 Å². The number of ketones is 1. The molecule has 0 fully saturated rings. The highest BCUT2D eigenvalue weighted by molar-refractivity contribution is 6.27. The van der Waals surface area contributed by atoms with E-state index in [1.807, 2.05) is 0 Å². The lowest BCUT2D eigenvalue weighted by Gasteiger charge is -2.07. The second-order valence-electron chi connectivity index (χ2n) is 4.01. The summed E-state index contributed by atoms with van der Waals surface area (Å²) in [7, 11) is 0. The Morgan fingerprint density at radius 3 is 1.70 bits per heavy atom. The highest BCUT2D eigenvalue weighted by Crippen LogP contribution is 1.94. The maximum absolute atomic E-state index is 10.9. The zero-order valence-electron chi connectivity index (χ0n) is 12.0. The van der Waals surface area contributed by atoms with Crippen LogP contribution in [0.5, 0.6) is 0 Å². The minimum atomic E-state index is 0.0547. The summed E-state index contributed by atoms with van der Waals surface area (Å²) >= 11 is 5.37. The van der Waals surface area contributed by atoms with Crippen LogP contribution in [-0.4, -0.2) is 71.1 Å². The Bertz CT molecular complexity index is 219. The second kappa shape index (κ2) is 16.8. The smallest absolute Gasteiger partial charge is 0.147 e. The molecule has 0 aliphatic rings. The number of hydrogen-bond donors (Lipinski definition) is 1. The molecule has 0 radical (unpaired) electrons. The summed E-state index contributed by atoms with van der Waals surface area (Å²) in [6.45, 7) is 4.87. The molecule has 0 aliphatic carbocycles. The lowest BCUT2D eigenvalue weighted by Crippen LogP contribution is -2.14. The monoisotopic (exact) mass is 311 g/mol. The molecule has 0 amide bonds. The molecule has 0 saturated carbocycles. The first-order chi connectivity index (χ1) is 9.81. The molecule has 0 aromatic carbocycles. The number of halogens is 1. The molecule has 0 spiro atoms. The van der Waals surface area contributed by atoms with Gasteiger partial charge in [0.25, 0.3) is 0 Å². The predicted octanol–water partition coefficient (Wildman–Crippen LogP) is 0.600. The predicted molar refractivity (Wildman–Crippen MR) is 77.3 cm³/mol. The molecule has 0 aromatic rings. The van der Waals surface area contributed by atoms with Crippen molar-refractivity contribution in [3.63, 3.8) is 0 Å². The molecule has 120 valence electrons. The molecule has 0 unspecified atom stereocenters. The Labute approximate surface area is 125 Å². The average molecular weight is 312 g/mol. The molecule has 20 heavy (non-hydrogen) atoms. The fourth-order valence-electron chi connectivity index (χ4n) is 1.28. The molecule has 7 heteroatoms. The Balaban J connectivity index is 2.97. The molecular formula is C13H26ClNO5. The van der Waals surface area contributed by atoms with E-state index >= 15 is 0 Å². The fourth-order valence-corrected chi connectivity index (χ4v) is 1.42. The maximum atomic E-state index is 10.9. The van der Waals surface area contributed by atoms with Gasteiger partial charge in [-0.2, -0.15) is 0 Å². The van der Waals surface area contributed by atoms with E-state index < -0.39 is 0 Å². The van der Waals surface area contributed by atoms with Crippen LogP contribution in [-0.2, 0) is 23.7 Å². The second-order valence-corrected chi connectivity index (χ2v) is 4.28. The molecule has 0 aromatic heterocycles. The number of carbonyl (C=O) groups excluding carboxylic acids is 1. The lowest BCUT2D eigenvalue weighted by atomic mass is 10.2. The van der Waals surface area contributed by atoms with Crippen LogP contribution in [0.15, 0.2) is 0 Å². The van der Waals surface area contributed by atoms with E-state index in [2.05, 4.69) is 0 Å².